The number of aromatic nitrogens is 1. The van der Waals surface area contributed by atoms with Gasteiger partial charge in [0.25, 0.3) is 5.56 Å². The highest BCUT2D eigenvalue weighted by atomic mass is 35.5. The first-order valence-electron chi connectivity index (χ1n) is 6.83. The van der Waals surface area contributed by atoms with Crippen molar-refractivity contribution in [2.45, 2.75) is 25.4 Å². The number of halogens is 1. The zero-order chi connectivity index (χ0) is 14.1. The van der Waals surface area contributed by atoms with Crippen LogP contribution >= 0.6 is 11.6 Å². The van der Waals surface area contributed by atoms with Crippen molar-refractivity contribution >= 4 is 11.6 Å². The second kappa shape index (κ2) is 5.43. The van der Waals surface area contributed by atoms with E-state index >= 15 is 0 Å². The molecule has 3 nitrogen and oxygen atoms in total. The molecule has 1 saturated carbocycles. The van der Waals surface area contributed by atoms with Gasteiger partial charge in [-0.1, -0.05) is 29.8 Å². The molecule has 0 spiro atoms. The molecule has 1 heterocycles. The average Bonchev–Trinajstić information content (AvgIpc) is 3.26. The Kier molecular flexibility index (Phi) is 3.64. The van der Waals surface area contributed by atoms with E-state index in [0.29, 0.717) is 17.6 Å². The van der Waals surface area contributed by atoms with E-state index in [1.807, 2.05) is 43.4 Å². The summed E-state index contributed by atoms with van der Waals surface area (Å²) in [6.07, 6.45) is 2.45. The standard InChI is InChI=1S/C16H17ClN2O/c1-19-15(11-2-5-13(17)6-3-11)9-4-12(16(19)20)10-18-14-7-8-14/h2-6,9,14,18H,7-8,10H2,1H3. The van der Waals surface area contributed by atoms with Gasteiger partial charge in [-0.05, 0) is 36.6 Å². The van der Waals surface area contributed by atoms with Crippen molar-refractivity contribution in [3.05, 3.63) is 57.3 Å². The monoisotopic (exact) mass is 288 g/mol. The first kappa shape index (κ1) is 13.4. The molecule has 1 aromatic carbocycles. The van der Waals surface area contributed by atoms with Crippen molar-refractivity contribution in [2.24, 2.45) is 7.05 Å². The summed E-state index contributed by atoms with van der Waals surface area (Å²) in [4.78, 5) is 12.4. The Bertz CT molecular complexity index is 672. The maximum Gasteiger partial charge on any atom is 0.255 e. The molecule has 1 N–H and O–H groups in total. The van der Waals surface area contributed by atoms with Crippen molar-refractivity contribution in [1.29, 1.82) is 0 Å². The number of hydrogen-bond donors (Lipinski definition) is 1. The Labute approximate surface area is 123 Å². The van der Waals surface area contributed by atoms with Gasteiger partial charge in [0.2, 0.25) is 0 Å². The molecule has 104 valence electrons. The van der Waals surface area contributed by atoms with Crippen LogP contribution < -0.4 is 10.9 Å². The molecule has 4 heteroatoms. The molecule has 0 unspecified atom stereocenters. The highest BCUT2D eigenvalue weighted by molar-refractivity contribution is 6.30. The van der Waals surface area contributed by atoms with Crippen LogP contribution in [0.25, 0.3) is 11.3 Å². The number of nitrogens with one attached hydrogen (secondary N) is 1. The van der Waals surface area contributed by atoms with Gasteiger partial charge < -0.3 is 9.88 Å². The fourth-order valence-electron chi connectivity index (χ4n) is 2.27. The first-order chi connectivity index (χ1) is 9.65. The summed E-state index contributed by atoms with van der Waals surface area (Å²) in [7, 11) is 1.81. The molecule has 1 aliphatic rings. The summed E-state index contributed by atoms with van der Waals surface area (Å²) >= 11 is 5.90. The molecular formula is C16H17ClN2O. The summed E-state index contributed by atoms with van der Waals surface area (Å²) in [5.74, 6) is 0. The predicted octanol–water partition coefficient (Wildman–Crippen LogP) is 2.96. The maximum atomic E-state index is 12.4. The third-order valence-corrected chi connectivity index (χ3v) is 3.93. The smallest absolute Gasteiger partial charge is 0.255 e. The molecular weight excluding hydrogens is 272 g/mol. The van der Waals surface area contributed by atoms with E-state index in [4.69, 9.17) is 11.6 Å². The minimum Gasteiger partial charge on any atom is -0.311 e. The first-order valence-corrected chi connectivity index (χ1v) is 7.21. The number of rotatable bonds is 4. The second-order valence-corrected chi connectivity index (χ2v) is 5.71. The molecule has 20 heavy (non-hydrogen) atoms. The highest BCUT2D eigenvalue weighted by Crippen LogP contribution is 2.21. The lowest BCUT2D eigenvalue weighted by Gasteiger charge is -2.11. The number of nitrogens with zero attached hydrogens (tertiary/aromatic N) is 1. The summed E-state index contributed by atoms with van der Waals surface area (Å²) in [6, 6.07) is 12.1. The molecule has 1 aliphatic carbocycles. The fraction of sp³-hybridized carbons (Fsp3) is 0.312. The Hall–Kier alpha value is -1.58. The van der Waals surface area contributed by atoms with E-state index < -0.39 is 0 Å². The molecule has 0 radical (unpaired) electrons. The van der Waals surface area contributed by atoms with Gasteiger partial charge in [-0.15, -0.1) is 0 Å². The number of hydrogen-bond acceptors (Lipinski definition) is 2. The van der Waals surface area contributed by atoms with Gasteiger partial charge in [-0.2, -0.15) is 0 Å². The lowest BCUT2D eigenvalue weighted by molar-refractivity contribution is 0.674. The molecule has 0 bridgehead atoms. The summed E-state index contributed by atoms with van der Waals surface area (Å²) in [5.41, 5.74) is 2.78. The summed E-state index contributed by atoms with van der Waals surface area (Å²) in [5, 5.41) is 4.07. The van der Waals surface area contributed by atoms with Crippen LogP contribution in [0.2, 0.25) is 5.02 Å². The third kappa shape index (κ3) is 2.79. The molecule has 2 aromatic rings. The van der Waals surface area contributed by atoms with Crippen LogP contribution in [-0.2, 0) is 13.6 Å². The SMILES string of the molecule is Cn1c(-c2ccc(Cl)cc2)ccc(CNC2CC2)c1=O. The lowest BCUT2D eigenvalue weighted by Crippen LogP contribution is -2.27. The lowest BCUT2D eigenvalue weighted by atomic mass is 10.1. The van der Waals surface area contributed by atoms with E-state index in [1.165, 1.54) is 12.8 Å². The largest absolute Gasteiger partial charge is 0.311 e. The zero-order valence-corrected chi connectivity index (χ0v) is 12.2. The van der Waals surface area contributed by atoms with Gasteiger partial charge in [0.15, 0.2) is 0 Å². The van der Waals surface area contributed by atoms with E-state index in [9.17, 15) is 4.79 Å². The number of pyridine rings is 1. The molecule has 0 aliphatic heterocycles. The Balaban J connectivity index is 1.90. The van der Waals surface area contributed by atoms with Gasteiger partial charge in [0, 0.05) is 30.2 Å². The van der Waals surface area contributed by atoms with E-state index in [-0.39, 0.29) is 5.56 Å². The predicted molar refractivity (Wildman–Crippen MR) is 82.0 cm³/mol. The maximum absolute atomic E-state index is 12.4. The van der Waals surface area contributed by atoms with Crippen LogP contribution in [0.15, 0.2) is 41.2 Å². The van der Waals surface area contributed by atoms with E-state index in [1.54, 1.807) is 4.57 Å². The van der Waals surface area contributed by atoms with Crippen LogP contribution in [-0.4, -0.2) is 10.6 Å². The molecule has 0 saturated heterocycles. The Morgan fingerprint density at radius 1 is 1.20 bits per heavy atom. The minimum absolute atomic E-state index is 0.0607. The topological polar surface area (TPSA) is 34.0 Å². The van der Waals surface area contributed by atoms with Crippen molar-refractivity contribution in [3.8, 4) is 11.3 Å². The minimum atomic E-state index is 0.0607. The van der Waals surface area contributed by atoms with Crippen molar-refractivity contribution in [3.63, 3.8) is 0 Å². The Morgan fingerprint density at radius 3 is 2.55 bits per heavy atom. The van der Waals surface area contributed by atoms with Crippen LogP contribution in [0, 0.1) is 0 Å². The summed E-state index contributed by atoms with van der Waals surface area (Å²) in [6.45, 7) is 0.651. The van der Waals surface area contributed by atoms with Gasteiger partial charge in [0.1, 0.15) is 0 Å². The van der Waals surface area contributed by atoms with Crippen LogP contribution in [0.4, 0.5) is 0 Å². The second-order valence-electron chi connectivity index (χ2n) is 5.27. The van der Waals surface area contributed by atoms with Crippen molar-refractivity contribution in [1.82, 2.24) is 9.88 Å². The van der Waals surface area contributed by atoms with Gasteiger partial charge >= 0.3 is 0 Å². The molecule has 3 rings (SSSR count). The van der Waals surface area contributed by atoms with Gasteiger partial charge in [-0.25, -0.2) is 0 Å². The average molecular weight is 289 g/mol. The van der Waals surface area contributed by atoms with Crippen LogP contribution in [0.3, 0.4) is 0 Å². The van der Waals surface area contributed by atoms with Crippen LogP contribution in [0.1, 0.15) is 18.4 Å². The van der Waals surface area contributed by atoms with E-state index in [2.05, 4.69) is 5.32 Å². The van der Waals surface area contributed by atoms with E-state index in [0.717, 1.165) is 16.8 Å². The highest BCUT2D eigenvalue weighted by Gasteiger charge is 2.20. The van der Waals surface area contributed by atoms with Crippen molar-refractivity contribution in [2.75, 3.05) is 0 Å². The normalized spacial score (nSPS) is 14.5. The Morgan fingerprint density at radius 2 is 1.90 bits per heavy atom. The zero-order valence-electron chi connectivity index (χ0n) is 11.4. The quantitative estimate of drug-likeness (QED) is 0.938. The molecule has 0 amide bonds. The third-order valence-electron chi connectivity index (χ3n) is 3.68. The summed E-state index contributed by atoms with van der Waals surface area (Å²) < 4.78 is 1.70. The molecule has 0 atom stereocenters. The molecule has 1 fully saturated rings. The fourth-order valence-corrected chi connectivity index (χ4v) is 2.40. The number of benzene rings is 1. The van der Waals surface area contributed by atoms with Gasteiger partial charge in [-0.3, -0.25) is 4.79 Å². The van der Waals surface area contributed by atoms with Gasteiger partial charge in [0.05, 0.1) is 5.69 Å². The molecule has 1 aromatic heterocycles. The van der Waals surface area contributed by atoms with Crippen LogP contribution in [0.5, 0.6) is 0 Å². The van der Waals surface area contributed by atoms with Crippen molar-refractivity contribution < 1.29 is 0 Å².